The third-order valence-corrected chi connectivity index (χ3v) is 2.03. The Kier molecular flexibility index (Phi) is 3.58. The van der Waals surface area contributed by atoms with E-state index in [1.807, 2.05) is 39.8 Å². The van der Waals surface area contributed by atoms with Gasteiger partial charge in [0.05, 0.1) is 7.11 Å². The molecular weight excluding hydrogens is 204 g/mol. The van der Waals surface area contributed by atoms with E-state index in [0.29, 0.717) is 11.3 Å². The van der Waals surface area contributed by atoms with E-state index in [0.717, 1.165) is 5.56 Å². The van der Waals surface area contributed by atoms with Crippen LogP contribution in [0.4, 0.5) is 0 Å². The van der Waals surface area contributed by atoms with Gasteiger partial charge in [0.15, 0.2) is 0 Å². The summed E-state index contributed by atoms with van der Waals surface area (Å²) in [6.07, 6.45) is 0. The zero-order valence-corrected chi connectivity index (χ0v) is 10.5. The molecule has 1 aromatic rings. The van der Waals surface area contributed by atoms with E-state index in [-0.39, 0.29) is 5.97 Å². The molecule has 1 rings (SSSR count). The molecule has 3 heteroatoms. The summed E-state index contributed by atoms with van der Waals surface area (Å²) in [5, 5.41) is 0. The Morgan fingerprint density at radius 1 is 1.25 bits per heavy atom. The number of benzene rings is 1. The van der Waals surface area contributed by atoms with Gasteiger partial charge in [0.25, 0.3) is 0 Å². The molecule has 0 aromatic heterocycles. The fourth-order valence-corrected chi connectivity index (χ4v) is 1.42. The van der Waals surface area contributed by atoms with E-state index in [4.69, 9.17) is 9.47 Å². The van der Waals surface area contributed by atoms with E-state index in [1.54, 1.807) is 13.2 Å². The number of hydrogen-bond acceptors (Lipinski definition) is 3. The molecule has 0 bridgehead atoms. The highest BCUT2D eigenvalue weighted by atomic mass is 16.6. The van der Waals surface area contributed by atoms with Gasteiger partial charge >= 0.3 is 5.97 Å². The average molecular weight is 222 g/mol. The second kappa shape index (κ2) is 4.56. The predicted molar refractivity (Wildman–Crippen MR) is 62.9 cm³/mol. The van der Waals surface area contributed by atoms with Crippen molar-refractivity contribution in [2.75, 3.05) is 7.11 Å². The highest BCUT2D eigenvalue weighted by Gasteiger charge is 2.21. The maximum Gasteiger partial charge on any atom is 0.342 e. The van der Waals surface area contributed by atoms with Crippen molar-refractivity contribution >= 4 is 5.97 Å². The van der Waals surface area contributed by atoms with Gasteiger partial charge in [0.1, 0.15) is 16.9 Å². The van der Waals surface area contributed by atoms with Gasteiger partial charge in [-0.05, 0) is 39.3 Å². The van der Waals surface area contributed by atoms with Crippen molar-refractivity contribution in [3.8, 4) is 5.75 Å². The maximum atomic E-state index is 11.9. The summed E-state index contributed by atoms with van der Waals surface area (Å²) in [5.74, 6) is 0.227. The second-order valence-electron chi connectivity index (χ2n) is 4.66. The Bertz CT molecular complexity index is 389. The molecule has 0 saturated heterocycles. The van der Waals surface area contributed by atoms with Crippen LogP contribution in [-0.2, 0) is 4.74 Å². The highest BCUT2D eigenvalue weighted by molar-refractivity contribution is 5.93. The molecule has 0 spiro atoms. The SMILES string of the molecule is COc1c(C)cccc1C(=O)OC(C)(C)C. The van der Waals surface area contributed by atoms with Gasteiger partial charge < -0.3 is 9.47 Å². The number of aryl methyl sites for hydroxylation is 1. The second-order valence-corrected chi connectivity index (χ2v) is 4.66. The quantitative estimate of drug-likeness (QED) is 0.722. The number of esters is 1. The summed E-state index contributed by atoms with van der Waals surface area (Å²) in [6.45, 7) is 7.42. The van der Waals surface area contributed by atoms with Crippen molar-refractivity contribution < 1.29 is 14.3 Å². The van der Waals surface area contributed by atoms with Gasteiger partial charge in [-0.3, -0.25) is 0 Å². The first-order valence-electron chi connectivity index (χ1n) is 5.22. The normalized spacial score (nSPS) is 11.1. The van der Waals surface area contributed by atoms with Crippen molar-refractivity contribution in [1.29, 1.82) is 0 Å². The number of carbonyl (C=O) groups is 1. The van der Waals surface area contributed by atoms with E-state index in [2.05, 4.69) is 0 Å². The van der Waals surface area contributed by atoms with Crippen molar-refractivity contribution in [2.24, 2.45) is 0 Å². The average Bonchev–Trinajstić information content (AvgIpc) is 2.14. The van der Waals surface area contributed by atoms with Crippen LogP contribution < -0.4 is 4.74 Å². The third-order valence-electron chi connectivity index (χ3n) is 2.03. The Morgan fingerprint density at radius 3 is 2.38 bits per heavy atom. The smallest absolute Gasteiger partial charge is 0.342 e. The Hall–Kier alpha value is -1.51. The zero-order chi connectivity index (χ0) is 12.3. The zero-order valence-electron chi connectivity index (χ0n) is 10.5. The first-order valence-corrected chi connectivity index (χ1v) is 5.22. The largest absolute Gasteiger partial charge is 0.496 e. The topological polar surface area (TPSA) is 35.5 Å². The molecule has 16 heavy (non-hydrogen) atoms. The van der Waals surface area contributed by atoms with Crippen LogP contribution in [0.25, 0.3) is 0 Å². The van der Waals surface area contributed by atoms with Crippen LogP contribution in [0, 0.1) is 6.92 Å². The fraction of sp³-hybridized carbons (Fsp3) is 0.462. The lowest BCUT2D eigenvalue weighted by molar-refractivity contribution is 0.00664. The summed E-state index contributed by atoms with van der Waals surface area (Å²) < 4.78 is 10.5. The van der Waals surface area contributed by atoms with Crippen molar-refractivity contribution in [1.82, 2.24) is 0 Å². The molecule has 88 valence electrons. The molecule has 0 fully saturated rings. The third kappa shape index (κ3) is 2.99. The molecule has 0 aliphatic heterocycles. The van der Waals surface area contributed by atoms with Crippen LogP contribution >= 0.6 is 0 Å². The summed E-state index contributed by atoms with van der Waals surface area (Å²) in [6, 6.07) is 5.42. The Morgan fingerprint density at radius 2 is 1.88 bits per heavy atom. The molecule has 3 nitrogen and oxygen atoms in total. The van der Waals surface area contributed by atoms with Crippen molar-refractivity contribution in [2.45, 2.75) is 33.3 Å². The molecule has 0 N–H and O–H groups in total. The summed E-state index contributed by atoms with van der Waals surface area (Å²) in [7, 11) is 1.55. The lowest BCUT2D eigenvalue weighted by atomic mass is 10.1. The van der Waals surface area contributed by atoms with E-state index in [9.17, 15) is 4.79 Å². The Labute approximate surface area is 96.4 Å². The van der Waals surface area contributed by atoms with Crippen LogP contribution in [0.3, 0.4) is 0 Å². The minimum Gasteiger partial charge on any atom is -0.496 e. The first-order chi connectivity index (χ1) is 7.35. The molecule has 0 saturated carbocycles. The van der Waals surface area contributed by atoms with E-state index >= 15 is 0 Å². The molecule has 0 aliphatic carbocycles. The molecule has 0 unspecified atom stereocenters. The molecule has 0 amide bonds. The fourth-order valence-electron chi connectivity index (χ4n) is 1.42. The van der Waals surface area contributed by atoms with E-state index < -0.39 is 5.60 Å². The minimum absolute atomic E-state index is 0.354. The molecule has 1 aromatic carbocycles. The monoisotopic (exact) mass is 222 g/mol. The predicted octanol–water partition coefficient (Wildman–Crippen LogP) is 2.96. The van der Waals surface area contributed by atoms with Crippen LogP contribution in [0.2, 0.25) is 0 Å². The lowest BCUT2D eigenvalue weighted by Gasteiger charge is -2.20. The van der Waals surface area contributed by atoms with Gasteiger partial charge in [-0.15, -0.1) is 0 Å². The highest BCUT2D eigenvalue weighted by Crippen LogP contribution is 2.25. The van der Waals surface area contributed by atoms with Crippen molar-refractivity contribution in [3.05, 3.63) is 29.3 Å². The number of ether oxygens (including phenoxy) is 2. The Balaban J connectivity index is 3.04. The van der Waals surface area contributed by atoms with Crippen LogP contribution in [0.1, 0.15) is 36.7 Å². The summed E-state index contributed by atoms with van der Waals surface area (Å²) in [5.41, 5.74) is 0.898. The van der Waals surface area contributed by atoms with Gasteiger partial charge in [-0.2, -0.15) is 0 Å². The van der Waals surface area contributed by atoms with Crippen LogP contribution in [0.5, 0.6) is 5.75 Å². The summed E-state index contributed by atoms with van der Waals surface area (Å²) in [4.78, 5) is 11.9. The molecule has 0 radical (unpaired) electrons. The minimum atomic E-state index is -0.494. The number of methoxy groups -OCH3 is 1. The number of carbonyl (C=O) groups excluding carboxylic acids is 1. The van der Waals surface area contributed by atoms with Gasteiger partial charge in [-0.1, -0.05) is 12.1 Å². The number of hydrogen-bond donors (Lipinski definition) is 0. The van der Waals surface area contributed by atoms with Gasteiger partial charge in [0.2, 0.25) is 0 Å². The number of para-hydroxylation sites is 1. The molecule has 0 heterocycles. The molecule has 0 atom stereocenters. The van der Waals surface area contributed by atoms with E-state index in [1.165, 1.54) is 0 Å². The first kappa shape index (κ1) is 12.6. The van der Waals surface area contributed by atoms with Crippen LogP contribution in [0.15, 0.2) is 18.2 Å². The summed E-state index contributed by atoms with van der Waals surface area (Å²) >= 11 is 0. The number of rotatable bonds is 2. The van der Waals surface area contributed by atoms with Crippen LogP contribution in [-0.4, -0.2) is 18.7 Å². The lowest BCUT2D eigenvalue weighted by Crippen LogP contribution is -2.24. The maximum absolute atomic E-state index is 11.9. The van der Waals surface area contributed by atoms with Crippen molar-refractivity contribution in [3.63, 3.8) is 0 Å². The standard InChI is InChI=1S/C13H18O3/c1-9-7-6-8-10(11(9)15-5)12(14)16-13(2,3)4/h6-8H,1-5H3. The molecule has 0 aliphatic rings. The molecular formula is C13H18O3. The van der Waals surface area contributed by atoms with Gasteiger partial charge in [-0.25, -0.2) is 4.79 Å². The van der Waals surface area contributed by atoms with Gasteiger partial charge in [0, 0.05) is 0 Å².